The summed E-state index contributed by atoms with van der Waals surface area (Å²) < 4.78 is 33.5. The molecule has 1 amide bonds. The second-order valence-electron chi connectivity index (χ2n) is 8.63. The van der Waals surface area contributed by atoms with E-state index in [4.69, 9.17) is 14.2 Å². The summed E-state index contributed by atoms with van der Waals surface area (Å²) in [6.45, 7) is 7.10. The Labute approximate surface area is 203 Å². The van der Waals surface area contributed by atoms with Crippen LogP contribution in [0.1, 0.15) is 37.8 Å². The average molecular weight is 485 g/mol. The number of halogens is 1. The van der Waals surface area contributed by atoms with Crippen molar-refractivity contribution in [1.29, 1.82) is 0 Å². The quantitative estimate of drug-likeness (QED) is 0.474. The number of carbonyl (C=O) groups excluding carboxylic acids is 1. The van der Waals surface area contributed by atoms with E-state index in [2.05, 4.69) is 20.3 Å². The molecule has 1 aliphatic rings. The minimum absolute atomic E-state index is 0.0687. The molecule has 0 unspecified atom stereocenters. The van der Waals surface area contributed by atoms with Gasteiger partial charge in [0.25, 0.3) is 0 Å². The lowest BCUT2D eigenvalue weighted by Crippen LogP contribution is -2.42. The number of amides is 1. The van der Waals surface area contributed by atoms with Crippen LogP contribution in [0.5, 0.6) is 17.5 Å². The van der Waals surface area contributed by atoms with Gasteiger partial charge in [0.2, 0.25) is 11.8 Å². The lowest BCUT2D eigenvalue weighted by molar-refractivity contribution is 0.0505. The van der Waals surface area contributed by atoms with Gasteiger partial charge in [0.1, 0.15) is 12.4 Å². The lowest BCUT2D eigenvalue weighted by atomic mass is 10.1. The molecular weight excluding hydrogens is 455 g/mol. The first-order valence-electron chi connectivity index (χ1n) is 11.6. The third-order valence-electron chi connectivity index (χ3n) is 5.61. The van der Waals surface area contributed by atoms with Gasteiger partial charge >= 0.3 is 6.09 Å². The zero-order valence-electron chi connectivity index (χ0n) is 20.1. The summed E-state index contributed by atoms with van der Waals surface area (Å²) in [4.78, 5) is 22.1. The maximum atomic E-state index is 14.7. The smallest absolute Gasteiger partial charge is 0.410 e. The normalized spacial score (nSPS) is 14.3. The topological polar surface area (TPSA) is 104 Å². The highest BCUT2D eigenvalue weighted by Gasteiger charge is 2.26. The molecule has 10 nitrogen and oxygen atoms in total. The molecule has 0 aliphatic carbocycles. The zero-order chi connectivity index (χ0) is 24.8. The van der Waals surface area contributed by atoms with Gasteiger partial charge in [-0.05, 0) is 44.9 Å². The number of hydrogen-bond acceptors (Lipinski definition) is 8. The first kappa shape index (κ1) is 24.4. The summed E-state index contributed by atoms with van der Waals surface area (Å²) in [6, 6.07) is 4.83. The Hall–Kier alpha value is -3.76. The Morgan fingerprint density at radius 2 is 1.97 bits per heavy atom. The summed E-state index contributed by atoms with van der Waals surface area (Å²) in [5, 5.41) is 7.67. The summed E-state index contributed by atoms with van der Waals surface area (Å²) in [5.41, 5.74) is 1.39. The fourth-order valence-corrected chi connectivity index (χ4v) is 3.71. The molecule has 11 heteroatoms. The van der Waals surface area contributed by atoms with E-state index in [1.54, 1.807) is 41.0 Å². The molecule has 4 rings (SSSR count). The number of benzene rings is 1. The summed E-state index contributed by atoms with van der Waals surface area (Å²) >= 11 is 0. The van der Waals surface area contributed by atoms with Gasteiger partial charge in [0, 0.05) is 38.7 Å². The number of likely N-dealkylation sites (tertiary alicyclic amines) is 1. The molecular formula is C24H29FN6O4. The van der Waals surface area contributed by atoms with Crippen LogP contribution >= 0.6 is 0 Å². The zero-order valence-corrected chi connectivity index (χ0v) is 20.1. The molecule has 1 aromatic carbocycles. The molecule has 2 aromatic heterocycles. The van der Waals surface area contributed by atoms with Crippen LogP contribution < -0.4 is 9.47 Å². The van der Waals surface area contributed by atoms with Gasteiger partial charge < -0.3 is 19.1 Å². The SMILES string of the molecule is Cc1c(Oc2ccc(CCn3ccnn3)cc2F)ncnc1OC1CCN(C(=O)OC(C)C)CC1. The molecule has 186 valence electrons. The van der Waals surface area contributed by atoms with E-state index < -0.39 is 5.82 Å². The van der Waals surface area contributed by atoms with Gasteiger partial charge in [-0.2, -0.15) is 0 Å². The van der Waals surface area contributed by atoms with E-state index >= 15 is 0 Å². The second kappa shape index (κ2) is 11.1. The van der Waals surface area contributed by atoms with Crippen LogP contribution in [0.3, 0.4) is 0 Å². The van der Waals surface area contributed by atoms with Crippen molar-refractivity contribution in [3.63, 3.8) is 0 Å². The van der Waals surface area contributed by atoms with Crippen molar-refractivity contribution in [3.05, 3.63) is 53.9 Å². The van der Waals surface area contributed by atoms with Crippen LogP contribution in [0.2, 0.25) is 0 Å². The van der Waals surface area contributed by atoms with Gasteiger partial charge in [-0.25, -0.2) is 19.2 Å². The predicted molar refractivity (Wildman–Crippen MR) is 124 cm³/mol. The Bertz CT molecular complexity index is 1130. The number of piperidine rings is 1. The van der Waals surface area contributed by atoms with E-state index in [0.29, 0.717) is 50.3 Å². The lowest BCUT2D eigenvalue weighted by Gasteiger charge is -2.31. The van der Waals surface area contributed by atoms with E-state index in [1.165, 1.54) is 12.4 Å². The maximum Gasteiger partial charge on any atom is 0.410 e. The summed E-state index contributed by atoms with van der Waals surface area (Å²) in [5.74, 6) is 0.187. The molecule has 1 fully saturated rings. The van der Waals surface area contributed by atoms with Gasteiger partial charge in [-0.3, -0.25) is 4.68 Å². The molecule has 0 atom stereocenters. The van der Waals surface area contributed by atoms with Gasteiger partial charge in [0.05, 0.1) is 17.9 Å². The fourth-order valence-electron chi connectivity index (χ4n) is 3.71. The van der Waals surface area contributed by atoms with Crippen molar-refractivity contribution >= 4 is 6.09 Å². The van der Waals surface area contributed by atoms with Crippen LogP contribution in [0, 0.1) is 12.7 Å². The number of nitrogens with zero attached hydrogens (tertiary/aromatic N) is 6. The van der Waals surface area contributed by atoms with Gasteiger partial charge in [0.15, 0.2) is 11.6 Å². The van der Waals surface area contributed by atoms with Crippen LogP contribution in [0.4, 0.5) is 9.18 Å². The molecule has 0 bridgehead atoms. The number of hydrogen-bond donors (Lipinski definition) is 0. The van der Waals surface area contributed by atoms with Gasteiger partial charge in [-0.1, -0.05) is 11.3 Å². The monoisotopic (exact) mass is 484 g/mol. The third kappa shape index (κ3) is 6.43. The highest BCUT2D eigenvalue weighted by atomic mass is 19.1. The van der Waals surface area contributed by atoms with Crippen molar-refractivity contribution in [2.24, 2.45) is 0 Å². The van der Waals surface area contributed by atoms with Crippen LogP contribution in [0.25, 0.3) is 0 Å². The number of rotatable bonds is 8. The third-order valence-corrected chi connectivity index (χ3v) is 5.61. The standard InChI is InChI=1S/C24H29FN6O4/c1-16(2)33-24(32)30-10-7-19(8-11-30)34-22-17(3)23(27-15-26-22)35-21-5-4-18(14-20(21)25)6-12-31-13-9-28-29-31/h4-5,9,13-16,19H,6-8,10-12H2,1-3H3. The van der Waals surface area contributed by atoms with E-state index in [1.807, 2.05) is 13.8 Å². The number of aromatic nitrogens is 5. The highest BCUT2D eigenvalue weighted by molar-refractivity contribution is 5.67. The summed E-state index contributed by atoms with van der Waals surface area (Å²) in [7, 11) is 0. The molecule has 0 spiro atoms. The van der Waals surface area contributed by atoms with Crippen LogP contribution in [0.15, 0.2) is 36.9 Å². The minimum atomic E-state index is -0.484. The molecule has 0 radical (unpaired) electrons. The first-order valence-corrected chi connectivity index (χ1v) is 11.6. The van der Waals surface area contributed by atoms with Crippen molar-refractivity contribution < 1.29 is 23.4 Å². The molecule has 35 heavy (non-hydrogen) atoms. The molecule has 3 aromatic rings. The van der Waals surface area contributed by atoms with Crippen LogP contribution in [-0.2, 0) is 17.7 Å². The van der Waals surface area contributed by atoms with Crippen molar-refractivity contribution in [3.8, 4) is 17.5 Å². The predicted octanol–water partition coefficient (Wildman–Crippen LogP) is 3.94. The van der Waals surface area contributed by atoms with Crippen molar-refractivity contribution in [1.82, 2.24) is 29.9 Å². The van der Waals surface area contributed by atoms with E-state index in [0.717, 1.165) is 5.56 Å². The minimum Gasteiger partial charge on any atom is -0.474 e. The van der Waals surface area contributed by atoms with Gasteiger partial charge in [-0.15, -0.1) is 5.10 Å². The Morgan fingerprint density at radius 1 is 1.20 bits per heavy atom. The molecule has 1 saturated heterocycles. The maximum absolute atomic E-state index is 14.7. The summed E-state index contributed by atoms with van der Waals surface area (Å²) in [6.07, 6.45) is 6.03. The first-order chi connectivity index (χ1) is 16.9. The number of aryl methyl sites for hydroxylation is 2. The highest BCUT2D eigenvalue weighted by Crippen LogP contribution is 2.31. The Balaban J connectivity index is 1.35. The fraction of sp³-hybridized carbons (Fsp3) is 0.458. The molecule has 1 aliphatic heterocycles. The average Bonchev–Trinajstić information content (AvgIpc) is 3.35. The molecule has 0 N–H and O–H groups in total. The Kier molecular flexibility index (Phi) is 7.74. The number of carbonyl (C=O) groups is 1. The largest absolute Gasteiger partial charge is 0.474 e. The molecule has 3 heterocycles. The van der Waals surface area contributed by atoms with E-state index in [-0.39, 0.29) is 29.9 Å². The van der Waals surface area contributed by atoms with Crippen LogP contribution in [-0.4, -0.2) is 61.3 Å². The van der Waals surface area contributed by atoms with Crippen molar-refractivity contribution in [2.45, 2.75) is 58.8 Å². The van der Waals surface area contributed by atoms with E-state index in [9.17, 15) is 9.18 Å². The van der Waals surface area contributed by atoms with Crippen molar-refractivity contribution in [2.75, 3.05) is 13.1 Å². The Morgan fingerprint density at radius 3 is 2.66 bits per heavy atom. The second-order valence-corrected chi connectivity index (χ2v) is 8.63. The molecule has 0 saturated carbocycles. The number of ether oxygens (including phenoxy) is 3.